The second-order valence-corrected chi connectivity index (χ2v) is 9.74. The average molecular weight is 455 g/mol. The van der Waals surface area contributed by atoms with Crippen LogP contribution in [0.1, 0.15) is 17.9 Å². The molecule has 2 N–H and O–H groups in total. The third-order valence-electron chi connectivity index (χ3n) is 6.31. The molecular formula is C23H19ClN2O4S. The molecule has 0 spiro atoms. The summed E-state index contributed by atoms with van der Waals surface area (Å²) in [5.41, 5.74) is 1.89. The van der Waals surface area contributed by atoms with Gasteiger partial charge in [0.2, 0.25) is 0 Å². The highest BCUT2D eigenvalue weighted by molar-refractivity contribution is 8.00. The number of para-hydroxylation sites is 1. The van der Waals surface area contributed by atoms with Crippen LogP contribution in [0.2, 0.25) is 0 Å². The monoisotopic (exact) mass is 454 g/mol. The number of aliphatic carboxylic acids is 1. The van der Waals surface area contributed by atoms with Crippen LogP contribution in [-0.2, 0) is 4.79 Å². The molecule has 1 heterocycles. The van der Waals surface area contributed by atoms with Crippen molar-refractivity contribution >= 4 is 51.5 Å². The number of nitrogens with zero attached hydrogens (tertiary/aromatic N) is 1. The molecule has 0 saturated heterocycles. The molecule has 1 saturated carbocycles. The van der Waals surface area contributed by atoms with Crippen LogP contribution in [0.5, 0.6) is 0 Å². The summed E-state index contributed by atoms with van der Waals surface area (Å²) in [6.07, 6.45) is 0.558. The first-order valence-corrected chi connectivity index (χ1v) is 11.3. The van der Waals surface area contributed by atoms with Gasteiger partial charge in [-0.1, -0.05) is 42.5 Å². The van der Waals surface area contributed by atoms with Crippen molar-refractivity contribution < 1.29 is 14.8 Å². The van der Waals surface area contributed by atoms with Crippen LogP contribution in [0.4, 0.5) is 11.4 Å². The lowest BCUT2D eigenvalue weighted by Gasteiger charge is -2.36. The number of nitro benzene ring substituents is 1. The van der Waals surface area contributed by atoms with Crippen molar-refractivity contribution in [1.82, 2.24) is 0 Å². The summed E-state index contributed by atoms with van der Waals surface area (Å²) >= 11 is 8.40. The summed E-state index contributed by atoms with van der Waals surface area (Å²) in [6.45, 7) is 0. The van der Waals surface area contributed by atoms with Gasteiger partial charge in [0, 0.05) is 22.9 Å². The van der Waals surface area contributed by atoms with Gasteiger partial charge in [-0.25, -0.2) is 4.79 Å². The number of rotatable bonds is 4. The van der Waals surface area contributed by atoms with Crippen molar-refractivity contribution in [3.63, 3.8) is 0 Å². The van der Waals surface area contributed by atoms with Gasteiger partial charge in [-0.05, 0) is 40.8 Å². The van der Waals surface area contributed by atoms with E-state index in [0.717, 1.165) is 22.0 Å². The van der Waals surface area contributed by atoms with Gasteiger partial charge in [-0.3, -0.25) is 10.1 Å². The van der Waals surface area contributed by atoms with Crippen LogP contribution in [0.15, 0.2) is 65.6 Å². The molecule has 5 rings (SSSR count). The summed E-state index contributed by atoms with van der Waals surface area (Å²) in [6, 6.07) is 17.8. The van der Waals surface area contributed by atoms with Crippen LogP contribution in [0, 0.1) is 16.0 Å². The van der Waals surface area contributed by atoms with Crippen LogP contribution >= 0.6 is 23.4 Å². The van der Waals surface area contributed by atoms with E-state index in [1.54, 1.807) is 18.2 Å². The Hall–Kier alpha value is -2.77. The van der Waals surface area contributed by atoms with Gasteiger partial charge in [0.1, 0.15) is 6.04 Å². The normalized spacial score (nSPS) is 26.7. The quantitative estimate of drug-likeness (QED) is 0.307. The molecule has 0 bridgehead atoms. The van der Waals surface area contributed by atoms with Gasteiger partial charge in [0.15, 0.2) is 0 Å². The minimum Gasteiger partial charge on any atom is -0.480 e. The minimum absolute atomic E-state index is 0.0463. The Bertz CT molecular complexity index is 1200. The number of alkyl halides is 1. The lowest BCUT2D eigenvalue weighted by atomic mass is 9.77. The molecule has 3 aromatic rings. The fourth-order valence-electron chi connectivity index (χ4n) is 5.01. The Morgan fingerprint density at radius 2 is 1.87 bits per heavy atom. The highest BCUT2D eigenvalue weighted by Crippen LogP contribution is 2.56. The Morgan fingerprint density at radius 1 is 1.13 bits per heavy atom. The minimum atomic E-state index is -0.908. The Labute approximate surface area is 187 Å². The van der Waals surface area contributed by atoms with Gasteiger partial charge in [-0.2, -0.15) is 0 Å². The summed E-state index contributed by atoms with van der Waals surface area (Å²) in [4.78, 5) is 23.7. The number of benzene rings is 3. The third kappa shape index (κ3) is 3.32. The predicted molar refractivity (Wildman–Crippen MR) is 122 cm³/mol. The summed E-state index contributed by atoms with van der Waals surface area (Å²) < 4.78 is 0. The molecule has 0 aromatic heterocycles. The zero-order valence-electron chi connectivity index (χ0n) is 16.3. The number of carbonyl (C=O) groups is 1. The van der Waals surface area contributed by atoms with E-state index in [-0.39, 0.29) is 28.2 Å². The van der Waals surface area contributed by atoms with E-state index >= 15 is 0 Å². The van der Waals surface area contributed by atoms with Crippen LogP contribution < -0.4 is 5.32 Å². The average Bonchev–Trinajstić information content (AvgIpc) is 3.09. The molecule has 3 aromatic carbocycles. The highest BCUT2D eigenvalue weighted by Gasteiger charge is 2.52. The molecule has 5 atom stereocenters. The summed E-state index contributed by atoms with van der Waals surface area (Å²) in [7, 11) is 0. The molecule has 158 valence electrons. The largest absolute Gasteiger partial charge is 0.480 e. The second-order valence-electron chi connectivity index (χ2n) is 7.96. The number of anilines is 1. The number of carboxylic acids is 1. The van der Waals surface area contributed by atoms with Gasteiger partial charge in [-0.15, -0.1) is 23.4 Å². The number of halogens is 1. The van der Waals surface area contributed by atoms with Crippen molar-refractivity contribution in [2.75, 3.05) is 5.32 Å². The van der Waals surface area contributed by atoms with E-state index in [2.05, 4.69) is 5.32 Å². The van der Waals surface area contributed by atoms with Crippen molar-refractivity contribution in [2.45, 2.75) is 33.9 Å². The lowest BCUT2D eigenvalue weighted by molar-refractivity contribution is -0.387. The fraction of sp³-hybridized carbons (Fsp3) is 0.261. The van der Waals surface area contributed by atoms with Crippen molar-refractivity contribution in [1.29, 1.82) is 0 Å². The Kier molecular flexibility index (Phi) is 5.02. The molecule has 0 radical (unpaired) electrons. The van der Waals surface area contributed by atoms with Gasteiger partial charge in [0.05, 0.1) is 15.2 Å². The summed E-state index contributed by atoms with van der Waals surface area (Å²) in [5.74, 6) is -1.28. The Morgan fingerprint density at radius 3 is 2.65 bits per heavy atom. The van der Waals surface area contributed by atoms with Gasteiger partial charge >= 0.3 is 5.97 Å². The zero-order chi connectivity index (χ0) is 21.7. The van der Waals surface area contributed by atoms with Crippen LogP contribution in [-0.4, -0.2) is 32.7 Å². The van der Waals surface area contributed by atoms with Crippen LogP contribution in [0.3, 0.4) is 0 Å². The molecule has 1 fully saturated rings. The van der Waals surface area contributed by atoms with E-state index in [1.165, 1.54) is 17.8 Å². The topological polar surface area (TPSA) is 92.5 Å². The second kappa shape index (κ2) is 7.73. The molecule has 0 unspecified atom stereocenters. The van der Waals surface area contributed by atoms with E-state index < -0.39 is 16.9 Å². The highest BCUT2D eigenvalue weighted by atomic mass is 35.5. The number of nitrogens with one attached hydrogen (secondary N) is 1. The fourth-order valence-corrected chi connectivity index (χ4v) is 6.95. The van der Waals surface area contributed by atoms with Gasteiger partial charge < -0.3 is 10.4 Å². The first-order chi connectivity index (χ1) is 15.0. The van der Waals surface area contributed by atoms with E-state index in [4.69, 9.17) is 11.6 Å². The van der Waals surface area contributed by atoms with Crippen molar-refractivity contribution in [3.8, 4) is 0 Å². The Balaban J connectivity index is 1.58. The maximum Gasteiger partial charge on any atom is 0.326 e. The maximum atomic E-state index is 12.1. The molecule has 31 heavy (non-hydrogen) atoms. The van der Waals surface area contributed by atoms with Crippen LogP contribution in [0.25, 0.3) is 10.8 Å². The van der Waals surface area contributed by atoms with Crippen molar-refractivity contribution in [2.24, 2.45) is 5.92 Å². The smallest absolute Gasteiger partial charge is 0.326 e. The number of nitro groups is 1. The molecule has 1 aliphatic heterocycles. The zero-order valence-corrected chi connectivity index (χ0v) is 17.8. The molecule has 1 aliphatic carbocycles. The van der Waals surface area contributed by atoms with Crippen molar-refractivity contribution in [3.05, 3.63) is 76.3 Å². The van der Waals surface area contributed by atoms with E-state index in [1.807, 2.05) is 36.4 Å². The SMILES string of the molecule is O=C(O)[C@@H]1Nc2ccc3ccccc3c2[C@@H]2[C@@H](Cl)[C@@H](Sc3ccccc3[N+](=O)[O-])C[C@@H]21. The number of hydrogen-bond donors (Lipinski definition) is 2. The van der Waals surface area contributed by atoms with E-state index in [0.29, 0.717) is 11.3 Å². The maximum absolute atomic E-state index is 12.1. The number of thioether (sulfide) groups is 1. The van der Waals surface area contributed by atoms with Gasteiger partial charge in [0.25, 0.3) is 5.69 Å². The number of carboxylic acid groups (broad SMARTS) is 1. The predicted octanol–water partition coefficient (Wildman–Crippen LogP) is 5.50. The molecule has 2 aliphatic rings. The first-order valence-electron chi connectivity index (χ1n) is 10.0. The molecule has 8 heteroatoms. The lowest BCUT2D eigenvalue weighted by Crippen LogP contribution is -2.42. The first kappa shape index (κ1) is 20.2. The molecule has 0 amide bonds. The molecule has 6 nitrogen and oxygen atoms in total. The van der Waals surface area contributed by atoms with E-state index in [9.17, 15) is 20.0 Å². The number of hydrogen-bond acceptors (Lipinski definition) is 5. The molecular weight excluding hydrogens is 436 g/mol. The third-order valence-corrected chi connectivity index (χ3v) is 8.43. The summed E-state index contributed by atoms with van der Waals surface area (Å²) in [5, 5.41) is 26.2. The standard InChI is InChI=1S/C23H19ClN2O4S/c24-21-18(31-17-8-4-3-7-16(17)26(29)30)11-14-20(21)19-13-6-2-1-5-12(13)9-10-15(19)25-22(14)23(27)28/h1-10,14,18,20-22,25H,11H2,(H,27,28)/t14-,18-,20+,21-,22+/m0/s1. The number of fused-ring (bicyclic) bond motifs is 5.